The number of nitrogens with zero attached hydrogens (tertiary/aromatic N) is 8. The lowest BCUT2D eigenvalue weighted by Crippen LogP contribution is -2.58. The molecule has 0 radical (unpaired) electrons. The number of aliphatic hydroxyl groups excluding tert-OH is 1. The van der Waals surface area contributed by atoms with Crippen molar-refractivity contribution in [1.82, 2.24) is 45.9 Å². The number of likely N-dealkylation sites (tertiary alicyclic amines) is 1. The first kappa shape index (κ1) is 55.7. The van der Waals surface area contributed by atoms with Crippen molar-refractivity contribution in [3.8, 4) is 15.4 Å². The number of nitrogens with one attached hydrogen (secondary N) is 4. The molecule has 21 heteroatoms. The number of aryl methyl sites for hydroxylation is 3. The molecule has 78 heavy (non-hydrogen) atoms. The number of fused-ring (bicyclic) bond motifs is 3. The fraction of sp³-hybridized carbons (Fsp3) is 0.421. The maximum Gasteiger partial charge on any atom is 0.246 e. The van der Waals surface area contributed by atoms with Gasteiger partial charge in [0.25, 0.3) is 0 Å². The molecule has 0 bridgehead atoms. The second-order valence-electron chi connectivity index (χ2n) is 21.7. The molecule has 1 saturated heterocycles. The Hall–Kier alpha value is -7.00. The van der Waals surface area contributed by atoms with Gasteiger partial charge in [-0.3, -0.25) is 33.5 Å². The van der Waals surface area contributed by atoms with Crippen LogP contribution in [0.2, 0.25) is 5.02 Å². The average Bonchev–Trinajstić information content (AvgIpc) is 3.74. The van der Waals surface area contributed by atoms with Crippen LogP contribution in [0.15, 0.2) is 87.5 Å². The molecule has 408 valence electrons. The standard InChI is InChI=1S/C57H65ClN12O6S2/c1-31-33(3)78-54-47(31)48(36-13-15-39(58)16-14-36)63-43(51-68-65-34(4)70(51)54)27-46(73)60-24-20-45(72)59-23-19-35-9-17-40(18-10-35)66-67-42-25-37(49-32(2)62-30-77-49)11-12-38(42)28-61-52(74)44-26-41(71)29-69(44)53(75)50(56(5,6)7)64-55(76)57(8)21-22-57/h9-18,25,30,41,43-44,50,71H,19-24,26-29H2,1-8H3,(H,59,72)(H,60,73)(H,61,74)(H,64,76)/t41-,43+,44+,50-/m1/s1. The number of aliphatic imine (C=N–C) groups is 1. The lowest BCUT2D eigenvalue weighted by Gasteiger charge is -2.36. The Labute approximate surface area is 466 Å². The molecule has 1 aliphatic carbocycles. The SMILES string of the molecule is Cc1ncsc1-c1ccc(CNC(=O)[C@@H]2C[C@@H](O)CN2C(=O)[C@@H](NC(=O)C2(C)CC2)C(C)(C)C)c(N=Nc2ccc(CCNC(=O)CCNC(=O)C[C@@H]3N=C(c4ccc(Cl)cc4)c4c(sc(C)c4C)-n4c(C)nnc43)cc2)c1. The zero-order chi connectivity index (χ0) is 55.6. The Morgan fingerprint density at radius 1 is 0.897 bits per heavy atom. The smallest absolute Gasteiger partial charge is 0.246 e. The monoisotopic (exact) mass is 1110 g/mol. The van der Waals surface area contributed by atoms with E-state index in [4.69, 9.17) is 16.6 Å². The number of thiophene rings is 1. The first-order valence-corrected chi connectivity index (χ1v) is 28.3. The third kappa shape index (κ3) is 12.5. The van der Waals surface area contributed by atoms with Crippen molar-refractivity contribution >= 4 is 80.9 Å². The van der Waals surface area contributed by atoms with Crippen LogP contribution >= 0.6 is 34.3 Å². The number of amides is 5. The van der Waals surface area contributed by atoms with Crippen LogP contribution in [0.25, 0.3) is 15.4 Å². The third-order valence-electron chi connectivity index (χ3n) is 14.7. The van der Waals surface area contributed by atoms with Gasteiger partial charge in [0.15, 0.2) is 5.82 Å². The Morgan fingerprint density at radius 2 is 1.62 bits per heavy atom. The number of azo groups is 1. The number of halogens is 1. The second-order valence-corrected chi connectivity index (χ2v) is 24.2. The zero-order valence-corrected chi connectivity index (χ0v) is 47.5. The summed E-state index contributed by atoms with van der Waals surface area (Å²) in [5.74, 6) is -0.200. The van der Waals surface area contributed by atoms with Crippen molar-refractivity contribution in [2.45, 2.75) is 125 Å². The van der Waals surface area contributed by atoms with Crippen molar-refractivity contribution in [3.63, 3.8) is 0 Å². The quantitative estimate of drug-likeness (QED) is 0.0516. The van der Waals surface area contributed by atoms with Gasteiger partial charge < -0.3 is 31.3 Å². The van der Waals surface area contributed by atoms with E-state index in [1.165, 1.54) is 16.2 Å². The minimum atomic E-state index is -0.940. The fourth-order valence-electron chi connectivity index (χ4n) is 9.64. The normalized spacial score (nSPS) is 17.9. The molecule has 3 aromatic heterocycles. The van der Waals surface area contributed by atoms with E-state index in [-0.39, 0.29) is 56.6 Å². The highest BCUT2D eigenvalue weighted by Crippen LogP contribution is 2.46. The number of thiazole rings is 1. The van der Waals surface area contributed by atoms with Gasteiger partial charge in [0.05, 0.1) is 45.7 Å². The molecule has 9 rings (SSSR count). The highest BCUT2D eigenvalue weighted by molar-refractivity contribution is 7.15. The number of aromatic nitrogens is 4. The molecular weight excluding hydrogens is 1050 g/mol. The maximum atomic E-state index is 14.1. The number of hydrogen-bond donors (Lipinski definition) is 5. The number of benzene rings is 3. The van der Waals surface area contributed by atoms with Gasteiger partial charge in [-0.15, -0.1) is 32.9 Å². The van der Waals surface area contributed by atoms with Crippen molar-refractivity contribution < 1.29 is 29.1 Å². The number of β-amino-alcohol motifs (C(OH)–C–C–N with tert-alkyl or cyclic N) is 1. The van der Waals surface area contributed by atoms with Crippen LogP contribution in [-0.4, -0.2) is 103 Å². The van der Waals surface area contributed by atoms with Gasteiger partial charge in [-0.05, 0) is 105 Å². The first-order valence-electron chi connectivity index (χ1n) is 26.2. The molecule has 6 aromatic rings. The number of aliphatic hydroxyl groups is 1. The van der Waals surface area contributed by atoms with E-state index in [0.717, 1.165) is 66.8 Å². The minimum absolute atomic E-state index is 0.0102. The number of rotatable bonds is 18. The molecule has 2 aliphatic heterocycles. The second kappa shape index (κ2) is 23.1. The zero-order valence-electron chi connectivity index (χ0n) is 45.1. The van der Waals surface area contributed by atoms with Gasteiger partial charge in [0.2, 0.25) is 29.5 Å². The van der Waals surface area contributed by atoms with Gasteiger partial charge in [-0.25, -0.2) is 4.98 Å². The van der Waals surface area contributed by atoms with Gasteiger partial charge in [-0.1, -0.05) is 75.7 Å². The van der Waals surface area contributed by atoms with Crippen molar-refractivity contribution in [1.29, 1.82) is 0 Å². The fourth-order valence-corrected chi connectivity index (χ4v) is 11.8. The van der Waals surface area contributed by atoms with Gasteiger partial charge >= 0.3 is 0 Å². The molecule has 1 saturated carbocycles. The van der Waals surface area contributed by atoms with Gasteiger partial charge in [-0.2, -0.15) is 10.2 Å². The topological polar surface area (TPSA) is 238 Å². The third-order valence-corrected chi connectivity index (χ3v) is 17.1. The lowest BCUT2D eigenvalue weighted by atomic mass is 9.85. The molecule has 4 atom stereocenters. The molecule has 3 aliphatic rings. The molecule has 5 heterocycles. The molecule has 3 aromatic carbocycles. The summed E-state index contributed by atoms with van der Waals surface area (Å²) >= 11 is 9.40. The van der Waals surface area contributed by atoms with Gasteiger partial charge in [0.1, 0.15) is 29.0 Å². The van der Waals surface area contributed by atoms with E-state index in [1.54, 1.807) is 16.8 Å². The van der Waals surface area contributed by atoms with Crippen LogP contribution in [0.1, 0.15) is 116 Å². The molecule has 0 unspecified atom stereocenters. The predicted octanol–water partition coefficient (Wildman–Crippen LogP) is 8.81. The van der Waals surface area contributed by atoms with E-state index in [9.17, 15) is 29.1 Å². The minimum Gasteiger partial charge on any atom is -0.391 e. The van der Waals surface area contributed by atoms with E-state index in [2.05, 4.69) is 60.5 Å². The maximum absolute atomic E-state index is 14.1. The summed E-state index contributed by atoms with van der Waals surface area (Å²) < 4.78 is 2.00. The summed E-state index contributed by atoms with van der Waals surface area (Å²) in [5, 5.41) is 42.2. The van der Waals surface area contributed by atoms with E-state index in [1.807, 2.05) is 113 Å². The summed E-state index contributed by atoms with van der Waals surface area (Å²) in [6.07, 6.45) is 1.33. The van der Waals surface area contributed by atoms with Crippen molar-refractivity contribution in [3.05, 3.63) is 127 Å². The van der Waals surface area contributed by atoms with E-state index >= 15 is 0 Å². The Morgan fingerprint density at radius 3 is 2.31 bits per heavy atom. The molecule has 5 N–H and O–H groups in total. The van der Waals surface area contributed by atoms with Gasteiger partial charge in [0, 0.05) is 65.5 Å². The first-order chi connectivity index (χ1) is 37.2. The summed E-state index contributed by atoms with van der Waals surface area (Å²) in [5.41, 5.74) is 8.87. The molecule has 18 nitrogen and oxygen atoms in total. The molecule has 2 fully saturated rings. The summed E-state index contributed by atoms with van der Waals surface area (Å²) in [4.78, 5) is 80.7. The van der Waals surface area contributed by atoms with Crippen molar-refractivity contribution in [2.75, 3.05) is 19.6 Å². The van der Waals surface area contributed by atoms with Crippen LogP contribution in [-0.2, 0) is 36.9 Å². The van der Waals surface area contributed by atoms with E-state index in [0.29, 0.717) is 46.6 Å². The Balaban J connectivity index is 0.786. The van der Waals surface area contributed by atoms with Crippen LogP contribution in [0.5, 0.6) is 0 Å². The van der Waals surface area contributed by atoms with Crippen LogP contribution in [0.3, 0.4) is 0 Å². The Bertz CT molecular complexity index is 3320. The molecule has 5 amide bonds. The lowest BCUT2D eigenvalue weighted by molar-refractivity contribution is -0.144. The summed E-state index contributed by atoms with van der Waals surface area (Å²) in [6.45, 7) is 16.0. The van der Waals surface area contributed by atoms with Crippen LogP contribution in [0.4, 0.5) is 11.4 Å². The average molecular weight is 1110 g/mol. The number of carbonyl (C=O) groups excluding carboxylic acids is 5. The van der Waals surface area contributed by atoms with Crippen LogP contribution < -0.4 is 21.3 Å². The Kier molecular flexibility index (Phi) is 16.5. The number of hydrogen-bond acceptors (Lipinski definition) is 14. The number of carbonyl (C=O) groups is 5. The highest BCUT2D eigenvalue weighted by atomic mass is 35.5. The molecular formula is C57H65ClN12O6S2. The van der Waals surface area contributed by atoms with E-state index < -0.39 is 46.9 Å². The molecule has 0 spiro atoms. The van der Waals surface area contributed by atoms with Crippen molar-refractivity contribution in [2.24, 2.45) is 26.1 Å². The predicted molar refractivity (Wildman–Crippen MR) is 302 cm³/mol. The largest absolute Gasteiger partial charge is 0.391 e. The summed E-state index contributed by atoms with van der Waals surface area (Å²) in [7, 11) is 0. The summed E-state index contributed by atoms with van der Waals surface area (Å²) in [6, 6.07) is 18.3. The van der Waals surface area contributed by atoms with Crippen LogP contribution in [0, 0.1) is 38.5 Å². The highest BCUT2D eigenvalue weighted by Gasteiger charge is 2.49.